The van der Waals surface area contributed by atoms with Crippen molar-refractivity contribution in [3.8, 4) is 0 Å². The molecule has 0 saturated carbocycles. The van der Waals surface area contributed by atoms with Crippen LogP contribution < -0.4 is 5.43 Å². The number of amidine groups is 1. The third-order valence-electron chi connectivity index (χ3n) is 3.95. The SMILES string of the molecule is O=[N+]([O-])c1cccc(/N=N/C(=N/Nc2nc3ccccc3s2)c2ccc(I)cc2)c1. The average molecular weight is 528 g/mol. The molecule has 0 amide bonds. The van der Waals surface area contributed by atoms with Gasteiger partial charge in [-0.15, -0.1) is 10.2 Å². The molecule has 30 heavy (non-hydrogen) atoms. The van der Waals surface area contributed by atoms with Crippen LogP contribution in [0.3, 0.4) is 0 Å². The van der Waals surface area contributed by atoms with E-state index < -0.39 is 4.92 Å². The van der Waals surface area contributed by atoms with Crippen LogP contribution >= 0.6 is 33.9 Å². The van der Waals surface area contributed by atoms with E-state index >= 15 is 0 Å². The van der Waals surface area contributed by atoms with Crippen LogP contribution in [-0.2, 0) is 0 Å². The Kier molecular flexibility index (Phi) is 6.05. The quantitative estimate of drug-likeness (QED) is 0.0812. The van der Waals surface area contributed by atoms with E-state index in [1.165, 1.54) is 23.5 Å². The van der Waals surface area contributed by atoms with Gasteiger partial charge >= 0.3 is 0 Å². The molecule has 0 radical (unpaired) electrons. The summed E-state index contributed by atoms with van der Waals surface area (Å²) in [5, 5.41) is 24.3. The Bertz CT molecular complexity index is 1240. The number of rotatable bonds is 5. The fraction of sp³-hybridized carbons (Fsp3) is 0. The van der Waals surface area contributed by atoms with Crippen LogP contribution in [0.25, 0.3) is 10.2 Å². The Balaban J connectivity index is 1.65. The van der Waals surface area contributed by atoms with Crippen LogP contribution in [0.15, 0.2) is 88.1 Å². The van der Waals surface area contributed by atoms with Gasteiger partial charge in [-0.25, -0.2) is 4.98 Å². The Morgan fingerprint density at radius 1 is 1.07 bits per heavy atom. The van der Waals surface area contributed by atoms with Crippen LogP contribution in [-0.4, -0.2) is 15.7 Å². The molecule has 1 aromatic heterocycles. The number of fused-ring (bicyclic) bond motifs is 1. The second-order valence-electron chi connectivity index (χ2n) is 6.02. The summed E-state index contributed by atoms with van der Waals surface area (Å²) in [5.41, 5.74) is 4.89. The number of hydrazone groups is 1. The highest BCUT2D eigenvalue weighted by atomic mass is 127. The van der Waals surface area contributed by atoms with Gasteiger partial charge in [0.1, 0.15) is 0 Å². The number of nitrogens with zero attached hydrogens (tertiary/aromatic N) is 5. The van der Waals surface area contributed by atoms with Crippen molar-refractivity contribution < 1.29 is 4.92 Å². The Labute approximate surface area is 188 Å². The Morgan fingerprint density at radius 3 is 2.63 bits per heavy atom. The number of para-hydroxylation sites is 1. The van der Waals surface area contributed by atoms with Gasteiger partial charge in [0.25, 0.3) is 5.69 Å². The summed E-state index contributed by atoms with van der Waals surface area (Å²) in [7, 11) is 0. The van der Waals surface area contributed by atoms with E-state index in [0.29, 0.717) is 16.7 Å². The first-order valence-electron chi connectivity index (χ1n) is 8.70. The molecule has 0 aliphatic heterocycles. The zero-order chi connectivity index (χ0) is 20.9. The summed E-state index contributed by atoms with van der Waals surface area (Å²) in [4.78, 5) is 15.0. The number of thiazole rings is 1. The fourth-order valence-electron chi connectivity index (χ4n) is 2.54. The summed E-state index contributed by atoms with van der Waals surface area (Å²) >= 11 is 3.70. The maximum Gasteiger partial charge on any atom is 0.271 e. The van der Waals surface area contributed by atoms with Crippen molar-refractivity contribution in [3.05, 3.63) is 92.0 Å². The van der Waals surface area contributed by atoms with Crippen LogP contribution in [0.4, 0.5) is 16.5 Å². The highest BCUT2D eigenvalue weighted by molar-refractivity contribution is 14.1. The topological polar surface area (TPSA) is 105 Å². The van der Waals surface area contributed by atoms with Crippen molar-refractivity contribution in [1.82, 2.24) is 4.98 Å². The van der Waals surface area contributed by atoms with E-state index in [2.05, 4.69) is 48.3 Å². The summed E-state index contributed by atoms with van der Waals surface area (Å²) in [6.07, 6.45) is 0. The van der Waals surface area contributed by atoms with E-state index in [9.17, 15) is 10.1 Å². The third-order valence-corrected chi connectivity index (χ3v) is 5.61. The van der Waals surface area contributed by atoms with Crippen LogP contribution in [0.5, 0.6) is 0 Å². The van der Waals surface area contributed by atoms with Crippen molar-refractivity contribution in [1.29, 1.82) is 0 Å². The molecule has 4 rings (SSSR count). The monoisotopic (exact) mass is 528 g/mol. The van der Waals surface area contributed by atoms with Gasteiger partial charge in [-0.3, -0.25) is 15.5 Å². The van der Waals surface area contributed by atoms with Crippen LogP contribution in [0.2, 0.25) is 0 Å². The van der Waals surface area contributed by atoms with Crippen LogP contribution in [0, 0.1) is 13.7 Å². The molecule has 1 heterocycles. The van der Waals surface area contributed by atoms with Crippen molar-refractivity contribution in [2.75, 3.05) is 5.43 Å². The normalized spacial score (nSPS) is 11.8. The number of hydrogen-bond acceptors (Lipinski definition) is 7. The lowest BCUT2D eigenvalue weighted by Gasteiger charge is -2.02. The van der Waals surface area contributed by atoms with Crippen molar-refractivity contribution in [2.24, 2.45) is 15.3 Å². The first kappa shape index (κ1) is 20.0. The molecule has 4 aromatic rings. The number of nitro groups is 1. The number of non-ortho nitro benzene ring substituents is 1. The molecule has 3 aromatic carbocycles. The summed E-state index contributed by atoms with van der Waals surface area (Å²) in [5.74, 6) is 0.331. The zero-order valence-corrected chi connectivity index (χ0v) is 18.2. The first-order valence-corrected chi connectivity index (χ1v) is 10.6. The van der Waals surface area contributed by atoms with Crippen LogP contribution in [0.1, 0.15) is 5.56 Å². The number of azo groups is 1. The van der Waals surface area contributed by atoms with Crippen molar-refractivity contribution in [2.45, 2.75) is 0 Å². The minimum Gasteiger partial charge on any atom is -0.258 e. The minimum absolute atomic E-state index is 0.0493. The van der Waals surface area contributed by atoms with Gasteiger partial charge in [0.2, 0.25) is 11.0 Å². The lowest BCUT2D eigenvalue weighted by molar-refractivity contribution is -0.384. The molecule has 10 heteroatoms. The second-order valence-corrected chi connectivity index (χ2v) is 8.29. The number of anilines is 1. The van der Waals surface area contributed by atoms with E-state index in [0.717, 1.165) is 19.4 Å². The molecule has 0 spiro atoms. The van der Waals surface area contributed by atoms with Gasteiger partial charge in [0.05, 0.1) is 20.8 Å². The molecule has 0 saturated heterocycles. The largest absolute Gasteiger partial charge is 0.271 e. The number of hydrogen-bond donors (Lipinski definition) is 1. The predicted molar refractivity (Wildman–Crippen MR) is 127 cm³/mol. The highest BCUT2D eigenvalue weighted by Gasteiger charge is 2.08. The molecule has 0 aliphatic carbocycles. The lowest BCUT2D eigenvalue weighted by Crippen LogP contribution is -2.01. The molecule has 0 aliphatic rings. The zero-order valence-electron chi connectivity index (χ0n) is 15.3. The molecule has 0 fully saturated rings. The number of halogens is 1. The van der Waals surface area contributed by atoms with Crippen molar-refractivity contribution in [3.63, 3.8) is 0 Å². The fourth-order valence-corrected chi connectivity index (χ4v) is 3.71. The summed E-state index contributed by atoms with van der Waals surface area (Å²) in [6.45, 7) is 0. The standard InChI is InChI=1S/C20H13IN6O2S/c21-14-10-8-13(9-11-14)19(24-23-15-4-3-5-16(12-15)27(28)29)25-26-20-22-17-6-1-2-7-18(17)30-20/h1-12H,(H,22,26)/b24-23+,25-19+. The van der Waals surface area contributed by atoms with Crippen molar-refractivity contribution >= 4 is 66.5 Å². The van der Waals surface area contributed by atoms with Gasteiger partial charge in [0, 0.05) is 21.3 Å². The smallest absolute Gasteiger partial charge is 0.258 e. The average Bonchev–Trinajstić information content (AvgIpc) is 3.18. The minimum atomic E-state index is -0.470. The molecule has 0 atom stereocenters. The predicted octanol–water partition coefficient (Wildman–Crippen LogP) is 6.37. The van der Waals surface area contributed by atoms with E-state index in [-0.39, 0.29) is 5.69 Å². The second kappa shape index (κ2) is 9.05. The van der Waals surface area contributed by atoms with Gasteiger partial charge in [-0.2, -0.15) is 5.10 Å². The molecule has 8 nitrogen and oxygen atoms in total. The number of nitro benzene ring substituents is 1. The number of aromatic nitrogens is 1. The first-order chi connectivity index (χ1) is 14.6. The molecule has 148 valence electrons. The molecule has 0 unspecified atom stereocenters. The van der Waals surface area contributed by atoms with Gasteiger partial charge in [-0.1, -0.05) is 41.7 Å². The van der Waals surface area contributed by atoms with E-state index in [4.69, 9.17) is 0 Å². The molecular formula is C20H13IN6O2S. The van der Waals surface area contributed by atoms with Gasteiger partial charge in [0.15, 0.2) is 0 Å². The summed E-state index contributed by atoms with van der Waals surface area (Å²) in [6, 6.07) is 21.4. The molecule has 1 N–H and O–H groups in total. The maximum absolute atomic E-state index is 11.0. The summed E-state index contributed by atoms with van der Waals surface area (Å²) < 4.78 is 2.12. The van der Waals surface area contributed by atoms with Gasteiger partial charge in [-0.05, 0) is 52.9 Å². The van der Waals surface area contributed by atoms with Gasteiger partial charge < -0.3 is 0 Å². The number of nitrogens with one attached hydrogen (secondary N) is 1. The highest BCUT2D eigenvalue weighted by Crippen LogP contribution is 2.26. The Morgan fingerprint density at radius 2 is 1.87 bits per heavy atom. The number of benzene rings is 3. The molecule has 0 bridgehead atoms. The van der Waals surface area contributed by atoms with E-state index in [1.807, 2.05) is 48.5 Å². The maximum atomic E-state index is 11.0. The Hall–Kier alpha value is -3.25. The third kappa shape index (κ3) is 4.83. The molecular weight excluding hydrogens is 515 g/mol. The van der Waals surface area contributed by atoms with E-state index in [1.54, 1.807) is 12.1 Å². The lowest BCUT2D eigenvalue weighted by atomic mass is 10.2.